The van der Waals surface area contributed by atoms with Crippen LogP contribution >= 0.6 is 11.6 Å². The summed E-state index contributed by atoms with van der Waals surface area (Å²) in [5, 5.41) is 18.2. The zero-order valence-electron chi connectivity index (χ0n) is 9.47. The molecule has 17 heavy (non-hydrogen) atoms. The molecular formula is C12H16ClNO3. The molecule has 0 saturated heterocycles. The fraction of sp³-hybridized carbons (Fsp3) is 0.417. The van der Waals surface area contributed by atoms with Crippen molar-refractivity contribution in [2.45, 2.75) is 13.0 Å². The predicted octanol–water partition coefficient (Wildman–Crippen LogP) is 1.61. The summed E-state index contributed by atoms with van der Waals surface area (Å²) in [6, 6.07) is 7.41. The van der Waals surface area contributed by atoms with Gasteiger partial charge in [0.15, 0.2) is 0 Å². The van der Waals surface area contributed by atoms with Gasteiger partial charge in [-0.1, -0.05) is 23.7 Å². The third-order valence-electron chi connectivity index (χ3n) is 2.35. The van der Waals surface area contributed by atoms with E-state index in [4.69, 9.17) is 21.8 Å². The van der Waals surface area contributed by atoms with Gasteiger partial charge < -0.3 is 10.2 Å². The minimum Gasteiger partial charge on any atom is -0.481 e. The van der Waals surface area contributed by atoms with Gasteiger partial charge in [-0.25, -0.2) is 0 Å². The Kier molecular flexibility index (Phi) is 5.97. The van der Waals surface area contributed by atoms with Crippen LogP contribution in [0.2, 0.25) is 5.02 Å². The maximum atomic E-state index is 10.5. The van der Waals surface area contributed by atoms with Crippen LogP contribution in [-0.4, -0.2) is 40.8 Å². The quantitative estimate of drug-likeness (QED) is 0.779. The lowest BCUT2D eigenvalue weighted by molar-refractivity contribution is -0.137. The fourth-order valence-electron chi connectivity index (χ4n) is 1.56. The van der Waals surface area contributed by atoms with E-state index in [-0.39, 0.29) is 13.0 Å². The lowest BCUT2D eigenvalue weighted by Gasteiger charge is -2.20. The molecule has 1 rings (SSSR count). The third-order valence-corrected chi connectivity index (χ3v) is 2.59. The molecule has 0 unspecified atom stereocenters. The number of aliphatic hydroxyl groups excluding tert-OH is 1. The van der Waals surface area contributed by atoms with Crippen LogP contribution in [0.3, 0.4) is 0 Å². The number of carboxylic acid groups (broad SMARTS) is 1. The normalized spacial score (nSPS) is 10.8. The van der Waals surface area contributed by atoms with E-state index < -0.39 is 5.97 Å². The molecule has 94 valence electrons. The van der Waals surface area contributed by atoms with Crippen molar-refractivity contribution in [3.63, 3.8) is 0 Å². The standard InChI is InChI=1S/C12H16ClNO3/c13-11-3-1-2-10(8-11)9-14(6-7-15)5-4-12(16)17/h1-3,8,15H,4-7,9H2,(H,16,17). The first-order valence-corrected chi connectivity index (χ1v) is 5.79. The van der Waals surface area contributed by atoms with Crippen molar-refractivity contribution >= 4 is 17.6 Å². The maximum absolute atomic E-state index is 10.5. The lowest BCUT2D eigenvalue weighted by Crippen LogP contribution is -2.28. The Hall–Kier alpha value is -1.10. The fourth-order valence-corrected chi connectivity index (χ4v) is 1.77. The van der Waals surface area contributed by atoms with Crippen molar-refractivity contribution < 1.29 is 15.0 Å². The van der Waals surface area contributed by atoms with Gasteiger partial charge in [0, 0.05) is 24.7 Å². The number of hydrogen-bond donors (Lipinski definition) is 2. The van der Waals surface area contributed by atoms with Crippen LogP contribution in [0.1, 0.15) is 12.0 Å². The molecule has 0 aliphatic heterocycles. The summed E-state index contributed by atoms with van der Waals surface area (Å²) in [5.74, 6) is -0.834. The van der Waals surface area contributed by atoms with Crippen molar-refractivity contribution in [2.24, 2.45) is 0 Å². The number of nitrogens with zero attached hydrogens (tertiary/aromatic N) is 1. The first kappa shape index (κ1) is 14.0. The Balaban J connectivity index is 2.56. The van der Waals surface area contributed by atoms with Gasteiger partial charge in [0.1, 0.15) is 0 Å². The molecule has 1 aromatic carbocycles. The second-order valence-corrected chi connectivity index (χ2v) is 4.21. The number of aliphatic carboxylic acids is 1. The van der Waals surface area contributed by atoms with Gasteiger partial charge >= 0.3 is 5.97 Å². The molecule has 2 N–H and O–H groups in total. The summed E-state index contributed by atoms with van der Waals surface area (Å²) in [5.41, 5.74) is 1.01. The highest BCUT2D eigenvalue weighted by Crippen LogP contribution is 2.12. The van der Waals surface area contributed by atoms with Crippen LogP contribution in [0.15, 0.2) is 24.3 Å². The molecule has 0 aromatic heterocycles. The minimum atomic E-state index is -0.834. The van der Waals surface area contributed by atoms with Crippen molar-refractivity contribution in [1.82, 2.24) is 4.90 Å². The number of halogens is 1. The van der Waals surface area contributed by atoms with Gasteiger partial charge in [-0.15, -0.1) is 0 Å². The first-order chi connectivity index (χ1) is 8.11. The Morgan fingerprint density at radius 3 is 2.71 bits per heavy atom. The molecular weight excluding hydrogens is 242 g/mol. The Labute approximate surface area is 105 Å². The van der Waals surface area contributed by atoms with Crippen molar-refractivity contribution in [3.8, 4) is 0 Å². The molecule has 1 aromatic rings. The third kappa shape index (κ3) is 5.68. The second-order valence-electron chi connectivity index (χ2n) is 3.77. The van der Waals surface area contributed by atoms with Crippen LogP contribution in [-0.2, 0) is 11.3 Å². The minimum absolute atomic E-state index is 0.0141. The van der Waals surface area contributed by atoms with E-state index in [1.54, 1.807) is 6.07 Å². The number of carboxylic acids is 1. The topological polar surface area (TPSA) is 60.8 Å². The van der Waals surface area contributed by atoms with Gasteiger partial charge in [-0.05, 0) is 17.7 Å². The zero-order valence-corrected chi connectivity index (χ0v) is 10.2. The zero-order chi connectivity index (χ0) is 12.7. The molecule has 0 bridgehead atoms. The highest BCUT2D eigenvalue weighted by atomic mass is 35.5. The molecule has 0 atom stereocenters. The Morgan fingerprint density at radius 1 is 1.35 bits per heavy atom. The molecule has 0 amide bonds. The van der Waals surface area contributed by atoms with Gasteiger partial charge in [0.25, 0.3) is 0 Å². The van der Waals surface area contributed by atoms with E-state index in [1.807, 2.05) is 23.1 Å². The van der Waals surface area contributed by atoms with Crippen molar-refractivity contribution in [1.29, 1.82) is 0 Å². The lowest BCUT2D eigenvalue weighted by atomic mass is 10.2. The Morgan fingerprint density at radius 2 is 2.12 bits per heavy atom. The molecule has 0 aliphatic carbocycles. The molecule has 4 nitrogen and oxygen atoms in total. The van der Waals surface area contributed by atoms with Gasteiger partial charge in [0.2, 0.25) is 0 Å². The summed E-state index contributed by atoms with van der Waals surface area (Å²) < 4.78 is 0. The number of hydrogen-bond acceptors (Lipinski definition) is 3. The average molecular weight is 258 g/mol. The number of aliphatic hydroxyl groups is 1. The highest BCUT2D eigenvalue weighted by molar-refractivity contribution is 6.30. The average Bonchev–Trinajstić information content (AvgIpc) is 2.26. The van der Waals surface area contributed by atoms with Crippen LogP contribution < -0.4 is 0 Å². The van der Waals surface area contributed by atoms with E-state index in [9.17, 15) is 4.79 Å². The smallest absolute Gasteiger partial charge is 0.304 e. The Bertz CT molecular complexity index is 371. The monoisotopic (exact) mass is 257 g/mol. The van der Waals surface area contributed by atoms with E-state index in [1.165, 1.54) is 0 Å². The van der Waals surface area contributed by atoms with Crippen LogP contribution in [0.5, 0.6) is 0 Å². The molecule has 0 spiro atoms. The van der Waals surface area contributed by atoms with E-state index in [0.717, 1.165) is 5.56 Å². The van der Waals surface area contributed by atoms with Gasteiger partial charge in [-0.3, -0.25) is 9.69 Å². The summed E-state index contributed by atoms with van der Waals surface area (Å²) in [6.07, 6.45) is 0.0700. The summed E-state index contributed by atoms with van der Waals surface area (Å²) in [7, 11) is 0. The largest absolute Gasteiger partial charge is 0.481 e. The van der Waals surface area contributed by atoms with Crippen LogP contribution in [0.4, 0.5) is 0 Å². The number of carbonyl (C=O) groups is 1. The van der Waals surface area contributed by atoms with E-state index >= 15 is 0 Å². The summed E-state index contributed by atoms with van der Waals surface area (Å²) >= 11 is 5.87. The van der Waals surface area contributed by atoms with Crippen LogP contribution in [0, 0.1) is 0 Å². The molecule has 5 heteroatoms. The number of benzene rings is 1. The molecule has 0 saturated carbocycles. The van der Waals surface area contributed by atoms with E-state index in [0.29, 0.717) is 24.7 Å². The second kappa shape index (κ2) is 7.27. The van der Waals surface area contributed by atoms with Gasteiger partial charge in [-0.2, -0.15) is 0 Å². The molecule has 0 radical (unpaired) electrons. The van der Waals surface area contributed by atoms with Gasteiger partial charge in [0.05, 0.1) is 13.0 Å². The number of rotatable bonds is 7. The summed E-state index contributed by atoms with van der Waals surface area (Å²) in [4.78, 5) is 12.4. The first-order valence-electron chi connectivity index (χ1n) is 5.41. The summed E-state index contributed by atoms with van der Waals surface area (Å²) in [6.45, 7) is 1.48. The highest BCUT2D eigenvalue weighted by Gasteiger charge is 2.08. The SMILES string of the molecule is O=C(O)CCN(CCO)Cc1cccc(Cl)c1. The van der Waals surface area contributed by atoms with E-state index in [2.05, 4.69) is 0 Å². The van der Waals surface area contributed by atoms with Crippen LogP contribution in [0.25, 0.3) is 0 Å². The van der Waals surface area contributed by atoms with Crippen molar-refractivity contribution in [3.05, 3.63) is 34.9 Å². The molecule has 0 heterocycles. The predicted molar refractivity (Wildman–Crippen MR) is 66.1 cm³/mol. The molecule has 0 aliphatic rings. The maximum Gasteiger partial charge on any atom is 0.304 e. The molecule has 0 fully saturated rings. The van der Waals surface area contributed by atoms with Crippen molar-refractivity contribution in [2.75, 3.05) is 19.7 Å².